The summed E-state index contributed by atoms with van der Waals surface area (Å²) in [6.07, 6.45) is 27.3. The predicted molar refractivity (Wildman–Crippen MR) is 109 cm³/mol. The summed E-state index contributed by atoms with van der Waals surface area (Å²) >= 11 is -1.71. The zero-order valence-corrected chi connectivity index (χ0v) is 19.1. The maximum absolute atomic E-state index is 2.58. The summed E-state index contributed by atoms with van der Waals surface area (Å²) in [7, 11) is 0. The molecule has 0 fully saturated rings. The summed E-state index contributed by atoms with van der Waals surface area (Å²) in [4.78, 5) is 4.89. The Morgan fingerprint density at radius 2 is 0.917 bits per heavy atom. The minimum atomic E-state index is -1.71. The molecule has 1 aliphatic carbocycles. The van der Waals surface area contributed by atoms with Gasteiger partial charge in [0.05, 0.1) is 0 Å². The topological polar surface area (TPSA) is 0 Å². The van der Waals surface area contributed by atoms with Gasteiger partial charge in [-0.05, 0) is 0 Å². The fourth-order valence-corrected chi connectivity index (χ4v) is 16.2. The van der Waals surface area contributed by atoms with Gasteiger partial charge in [-0.1, -0.05) is 0 Å². The third-order valence-corrected chi connectivity index (χ3v) is 18.3. The number of hydrogen-bond acceptors (Lipinski definition) is 0. The molecular formula is C23H44Pt. The summed E-state index contributed by atoms with van der Waals surface area (Å²) in [6.45, 7) is 7.02. The molecule has 0 atom stereocenters. The van der Waals surface area contributed by atoms with Crippen molar-refractivity contribution in [3.8, 4) is 0 Å². The molecule has 1 heteroatoms. The number of unbranched alkanes of at least 4 members (excludes halogenated alkanes) is 9. The first-order valence-electron chi connectivity index (χ1n) is 10.6. The van der Waals surface area contributed by atoms with Gasteiger partial charge >= 0.3 is 157 Å². The van der Waals surface area contributed by atoms with Crippen LogP contribution < -0.4 is 0 Å². The van der Waals surface area contributed by atoms with Gasteiger partial charge in [0.1, 0.15) is 0 Å². The van der Waals surface area contributed by atoms with Crippen molar-refractivity contribution >= 4 is 0 Å². The Hall–Kier alpha value is 0.168. The van der Waals surface area contributed by atoms with E-state index in [0.29, 0.717) is 0 Å². The summed E-state index contributed by atoms with van der Waals surface area (Å²) in [5.74, 6) is 0. The number of hydrogen-bond donors (Lipinski definition) is 0. The van der Waals surface area contributed by atoms with Crippen LogP contribution in [-0.2, 0) is 16.1 Å². The molecule has 0 unspecified atom stereocenters. The third-order valence-electron chi connectivity index (χ3n) is 4.97. The average molecular weight is 516 g/mol. The Balaban J connectivity index is 2.67. The van der Waals surface area contributed by atoms with Crippen molar-refractivity contribution in [2.75, 3.05) is 0 Å². The van der Waals surface area contributed by atoms with Crippen LogP contribution in [0.1, 0.15) is 97.8 Å². The SMILES string of the molecule is CCCCC[CH2][Pt]([CH2]CCCCC)([CH2]CCCCC)[CH]1C=CC=C1. The number of rotatable bonds is 16. The average Bonchev–Trinajstić information content (AvgIpc) is 3.14. The molecule has 0 bridgehead atoms. The van der Waals surface area contributed by atoms with Crippen molar-refractivity contribution in [3.63, 3.8) is 0 Å². The molecule has 0 spiro atoms. The summed E-state index contributed by atoms with van der Waals surface area (Å²) < 4.78 is 0.891. The van der Waals surface area contributed by atoms with Crippen LogP contribution in [-0.4, -0.2) is 0 Å². The number of allylic oxidation sites excluding steroid dienone is 4. The summed E-state index contributed by atoms with van der Waals surface area (Å²) in [5, 5.41) is 0. The van der Waals surface area contributed by atoms with Gasteiger partial charge < -0.3 is 0 Å². The van der Waals surface area contributed by atoms with Gasteiger partial charge in [0.25, 0.3) is 0 Å². The van der Waals surface area contributed by atoms with E-state index < -0.39 is 16.1 Å². The summed E-state index contributed by atoms with van der Waals surface area (Å²) in [5.41, 5.74) is 0. The Kier molecular flexibility index (Phi) is 13.3. The zero-order valence-electron chi connectivity index (χ0n) is 16.8. The van der Waals surface area contributed by atoms with E-state index >= 15 is 0 Å². The van der Waals surface area contributed by atoms with Gasteiger partial charge in [-0.25, -0.2) is 0 Å². The van der Waals surface area contributed by atoms with Crippen molar-refractivity contribution in [2.24, 2.45) is 0 Å². The van der Waals surface area contributed by atoms with E-state index in [2.05, 4.69) is 45.1 Å². The van der Waals surface area contributed by atoms with Crippen molar-refractivity contribution in [1.29, 1.82) is 0 Å². The fourth-order valence-electron chi connectivity index (χ4n) is 3.39. The molecule has 0 radical (unpaired) electrons. The molecule has 1 aliphatic rings. The van der Waals surface area contributed by atoms with Crippen LogP contribution in [0.2, 0.25) is 18.7 Å². The monoisotopic (exact) mass is 515 g/mol. The van der Waals surface area contributed by atoms with Crippen LogP contribution in [0, 0.1) is 0 Å². The van der Waals surface area contributed by atoms with Gasteiger partial charge in [-0.15, -0.1) is 0 Å². The van der Waals surface area contributed by atoms with Crippen molar-refractivity contribution in [3.05, 3.63) is 24.3 Å². The Labute approximate surface area is 156 Å². The van der Waals surface area contributed by atoms with E-state index in [-0.39, 0.29) is 0 Å². The van der Waals surface area contributed by atoms with Crippen molar-refractivity contribution in [2.45, 2.75) is 117 Å². The quantitative estimate of drug-likeness (QED) is 0.180. The molecule has 0 N–H and O–H groups in total. The molecule has 146 valence electrons. The Bertz CT molecular complexity index is 299. The van der Waals surface area contributed by atoms with E-state index in [1.54, 1.807) is 14.4 Å². The third kappa shape index (κ3) is 8.51. The van der Waals surface area contributed by atoms with Crippen LogP contribution in [0.4, 0.5) is 0 Å². The second kappa shape index (κ2) is 14.3. The Morgan fingerprint density at radius 1 is 0.542 bits per heavy atom. The molecule has 0 saturated heterocycles. The molecule has 1 rings (SSSR count). The first kappa shape index (κ1) is 22.2. The van der Waals surface area contributed by atoms with Gasteiger partial charge in [0.2, 0.25) is 0 Å². The van der Waals surface area contributed by atoms with E-state index in [0.717, 1.165) is 4.31 Å². The van der Waals surface area contributed by atoms with Crippen molar-refractivity contribution in [1.82, 2.24) is 0 Å². The van der Waals surface area contributed by atoms with Crippen LogP contribution in [0.15, 0.2) is 24.3 Å². The molecule has 0 aromatic rings. The molecule has 24 heavy (non-hydrogen) atoms. The van der Waals surface area contributed by atoms with E-state index in [1.165, 1.54) is 77.0 Å². The molecule has 0 nitrogen and oxygen atoms in total. The summed E-state index contributed by atoms with van der Waals surface area (Å²) in [6, 6.07) is 0. The van der Waals surface area contributed by atoms with Crippen LogP contribution in [0.25, 0.3) is 0 Å². The van der Waals surface area contributed by atoms with Crippen molar-refractivity contribution < 1.29 is 16.1 Å². The maximum atomic E-state index is 2.58. The van der Waals surface area contributed by atoms with Gasteiger partial charge in [-0.3, -0.25) is 0 Å². The predicted octanol–water partition coefficient (Wildman–Crippen LogP) is 9.05. The first-order valence-corrected chi connectivity index (χ1v) is 16.8. The van der Waals surface area contributed by atoms with Crippen LogP contribution >= 0.6 is 0 Å². The molecule has 0 aromatic carbocycles. The second-order valence-electron chi connectivity index (χ2n) is 7.19. The molecular weight excluding hydrogens is 471 g/mol. The van der Waals surface area contributed by atoms with Gasteiger partial charge in [-0.2, -0.15) is 0 Å². The van der Waals surface area contributed by atoms with E-state index in [4.69, 9.17) is 0 Å². The van der Waals surface area contributed by atoms with E-state index in [9.17, 15) is 0 Å². The molecule has 0 saturated carbocycles. The standard InChI is InChI=1S/3C6H13.C5H5.Pt/c3*1-3-5-6-4-2;1-2-4-5-3-1;/h3*1,3-6H2,2H3;1-5H;. The molecule has 0 aliphatic heterocycles. The second-order valence-corrected chi connectivity index (χ2v) is 18.3. The first-order chi connectivity index (χ1) is 11.8. The van der Waals surface area contributed by atoms with Crippen LogP contribution in [0.5, 0.6) is 0 Å². The zero-order chi connectivity index (χ0) is 17.5. The normalized spacial score (nSPS) is 15.5. The Morgan fingerprint density at radius 3 is 1.25 bits per heavy atom. The van der Waals surface area contributed by atoms with E-state index in [1.807, 2.05) is 0 Å². The van der Waals surface area contributed by atoms with Gasteiger partial charge in [0.15, 0.2) is 0 Å². The van der Waals surface area contributed by atoms with Crippen LogP contribution in [0.3, 0.4) is 0 Å². The fraction of sp³-hybridized carbons (Fsp3) is 0.826. The molecule has 0 heterocycles. The van der Waals surface area contributed by atoms with Gasteiger partial charge in [0, 0.05) is 0 Å². The minimum absolute atomic E-state index is 0.891. The molecule has 0 aromatic heterocycles. The molecule has 0 amide bonds.